The van der Waals surface area contributed by atoms with Gasteiger partial charge in [-0.15, -0.1) is 0 Å². The van der Waals surface area contributed by atoms with Gasteiger partial charge in [-0.05, 0) is 23.8 Å². The highest BCUT2D eigenvalue weighted by molar-refractivity contribution is 5.96. The van der Waals surface area contributed by atoms with Crippen LogP contribution >= 0.6 is 0 Å². The number of halogens is 2. The number of carbonyl (C=O) groups excluding carboxylic acids is 1. The van der Waals surface area contributed by atoms with E-state index in [4.69, 9.17) is 5.11 Å². The summed E-state index contributed by atoms with van der Waals surface area (Å²) in [6, 6.07) is 9.06. The number of aromatic carboxylic acids is 1. The summed E-state index contributed by atoms with van der Waals surface area (Å²) in [5.41, 5.74) is 0.467. The Labute approximate surface area is 119 Å². The van der Waals surface area contributed by atoms with Gasteiger partial charge in [0.1, 0.15) is 0 Å². The molecule has 0 atom stereocenters. The standard InChI is InChI=1S/C15H11F2NO3/c16-12-6-5-10(8-13(12)17)18-14(19)7-9-3-1-2-4-11(9)15(20)21/h1-6,8H,7H2,(H,18,19)(H,20,21). The maximum Gasteiger partial charge on any atom is 0.335 e. The Bertz CT molecular complexity index is 701. The Morgan fingerprint density at radius 3 is 2.43 bits per heavy atom. The van der Waals surface area contributed by atoms with E-state index in [-0.39, 0.29) is 17.7 Å². The predicted molar refractivity (Wildman–Crippen MR) is 72.1 cm³/mol. The van der Waals surface area contributed by atoms with E-state index in [1.165, 1.54) is 18.2 Å². The van der Waals surface area contributed by atoms with Crippen LogP contribution in [0.2, 0.25) is 0 Å². The molecule has 0 radical (unpaired) electrons. The van der Waals surface area contributed by atoms with Crippen LogP contribution < -0.4 is 5.32 Å². The van der Waals surface area contributed by atoms with Gasteiger partial charge < -0.3 is 10.4 Å². The third kappa shape index (κ3) is 3.62. The van der Waals surface area contributed by atoms with E-state index >= 15 is 0 Å². The molecule has 2 rings (SSSR count). The normalized spacial score (nSPS) is 10.2. The van der Waals surface area contributed by atoms with E-state index in [0.29, 0.717) is 5.56 Å². The summed E-state index contributed by atoms with van der Waals surface area (Å²) < 4.78 is 25.8. The van der Waals surface area contributed by atoms with Crippen LogP contribution in [0.5, 0.6) is 0 Å². The molecule has 21 heavy (non-hydrogen) atoms. The van der Waals surface area contributed by atoms with Gasteiger partial charge in [-0.1, -0.05) is 18.2 Å². The van der Waals surface area contributed by atoms with Crippen LogP contribution in [-0.4, -0.2) is 17.0 Å². The average Bonchev–Trinajstić information content (AvgIpc) is 2.43. The number of benzene rings is 2. The van der Waals surface area contributed by atoms with Gasteiger partial charge >= 0.3 is 5.97 Å². The first-order valence-corrected chi connectivity index (χ1v) is 6.03. The number of amides is 1. The number of hydrogen-bond donors (Lipinski definition) is 2. The molecule has 0 unspecified atom stereocenters. The number of carboxylic acid groups (broad SMARTS) is 1. The molecule has 0 fully saturated rings. The summed E-state index contributed by atoms with van der Waals surface area (Å²) in [7, 11) is 0. The SMILES string of the molecule is O=C(Cc1ccccc1C(=O)O)Nc1ccc(F)c(F)c1. The lowest BCUT2D eigenvalue weighted by Gasteiger charge is -2.07. The fraction of sp³-hybridized carbons (Fsp3) is 0.0667. The summed E-state index contributed by atoms with van der Waals surface area (Å²) in [5.74, 6) is -3.73. The van der Waals surface area contributed by atoms with Gasteiger partial charge in [0.05, 0.1) is 12.0 Å². The minimum absolute atomic E-state index is 0.0259. The van der Waals surface area contributed by atoms with Crippen LogP contribution in [0.15, 0.2) is 42.5 Å². The maximum atomic E-state index is 13.0. The van der Waals surface area contributed by atoms with Gasteiger partial charge in [0.2, 0.25) is 5.91 Å². The molecule has 0 aliphatic rings. The molecular weight excluding hydrogens is 280 g/mol. The molecule has 2 N–H and O–H groups in total. The average molecular weight is 291 g/mol. The van der Waals surface area contributed by atoms with Gasteiger partial charge in [-0.2, -0.15) is 0 Å². The second-order valence-corrected chi connectivity index (χ2v) is 4.32. The zero-order valence-electron chi connectivity index (χ0n) is 10.8. The van der Waals surface area contributed by atoms with Crippen molar-refractivity contribution in [3.8, 4) is 0 Å². The molecule has 0 aliphatic carbocycles. The first-order valence-electron chi connectivity index (χ1n) is 6.03. The lowest BCUT2D eigenvalue weighted by Crippen LogP contribution is -2.16. The molecule has 1 amide bonds. The van der Waals surface area contributed by atoms with Crippen molar-refractivity contribution in [2.75, 3.05) is 5.32 Å². The molecule has 0 aromatic heterocycles. The van der Waals surface area contributed by atoms with Crippen LogP contribution in [0.25, 0.3) is 0 Å². The summed E-state index contributed by atoms with van der Waals surface area (Å²) in [5, 5.41) is 11.4. The largest absolute Gasteiger partial charge is 0.478 e. The Kier molecular flexibility index (Phi) is 4.27. The Morgan fingerprint density at radius 2 is 1.76 bits per heavy atom. The van der Waals surface area contributed by atoms with Gasteiger partial charge in [0, 0.05) is 11.8 Å². The first-order chi connectivity index (χ1) is 9.97. The lowest BCUT2D eigenvalue weighted by molar-refractivity contribution is -0.115. The summed E-state index contributed by atoms with van der Waals surface area (Å²) in [4.78, 5) is 22.9. The number of nitrogens with one attached hydrogen (secondary N) is 1. The van der Waals surface area contributed by atoms with Crippen molar-refractivity contribution in [2.24, 2.45) is 0 Å². The first kappa shape index (κ1) is 14.6. The van der Waals surface area contributed by atoms with Gasteiger partial charge in [-0.25, -0.2) is 13.6 Å². The molecule has 0 saturated carbocycles. The van der Waals surface area contributed by atoms with Crippen molar-refractivity contribution >= 4 is 17.6 Å². The molecule has 6 heteroatoms. The Balaban J connectivity index is 2.12. The van der Waals surface area contributed by atoms with Crippen molar-refractivity contribution in [3.05, 3.63) is 65.2 Å². The van der Waals surface area contributed by atoms with E-state index in [1.54, 1.807) is 12.1 Å². The van der Waals surface area contributed by atoms with Crippen LogP contribution in [0, 0.1) is 11.6 Å². The Morgan fingerprint density at radius 1 is 1.05 bits per heavy atom. The topological polar surface area (TPSA) is 66.4 Å². The second kappa shape index (κ2) is 6.13. The van der Waals surface area contributed by atoms with Crippen LogP contribution in [0.3, 0.4) is 0 Å². The maximum absolute atomic E-state index is 13.0. The van der Waals surface area contributed by atoms with E-state index in [1.807, 2.05) is 0 Å². The zero-order chi connectivity index (χ0) is 15.4. The molecule has 0 saturated heterocycles. The van der Waals surface area contributed by atoms with Crippen LogP contribution in [-0.2, 0) is 11.2 Å². The van der Waals surface area contributed by atoms with Crippen molar-refractivity contribution in [1.29, 1.82) is 0 Å². The fourth-order valence-corrected chi connectivity index (χ4v) is 1.84. The van der Waals surface area contributed by atoms with Crippen molar-refractivity contribution < 1.29 is 23.5 Å². The highest BCUT2D eigenvalue weighted by Gasteiger charge is 2.13. The number of carboxylic acids is 1. The third-order valence-electron chi connectivity index (χ3n) is 2.80. The highest BCUT2D eigenvalue weighted by Crippen LogP contribution is 2.15. The number of rotatable bonds is 4. The molecule has 2 aromatic carbocycles. The van der Waals surface area contributed by atoms with E-state index in [0.717, 1.165) is 12.1 Å². The van der Waals surface area contributed by atoms with E-state index < -0.39 is 23.5 Å². The summed E-state index contributed by atoms with van der Waals surface area (Å²) in [6.07, 6.45) is -0.179. The predicted octanol–water partition coefficient (Wildman–Crippen LogP) is 2.84. The van der Waals surface area contributed by atoms with Crippen LogP contribution in [0.4, 0.5) is 14.5 Å². The number of hydrogen-bond acceptors (Lipinski definition) is 2. The molecule has 4 nitrogen and oxygen atoms in total. The summed E-state index contributed by atoms with van der Waals surface area (Å²) >= 11 is 0. The van der Waals surface area contributed by atoms with Gasteiger partial charge in [-0.3, -0.25) is 4.79 Å². The van der Waals surface area contributed by atoms with Crippen molar-refractivity contribution in [2.45, 2.75) is 6.42 Å². The minimum atomic E-state index is -1.13. The number of carbonyl (C=O) groups is 2. The second-order valence-electron chi connectivity index (χ2n) is 4.32. The smallest absolute Gasteiger partial charge is 0.335 e. The molecule has 2 aromatic rings. The zero-order valence-corrected chi connectivity index (χ0v) is 10.8. The van der Waals surface area contributed by atoms with Gasteiger partial charge in [0.15, 0.2) is 11.6 Å². The van der Waals surface area contributed by atoms with E-state index in [9.17, 15) is 18.4 Å². The molecule has 0 bridgehead atoms. The molecule has 0 aliphatic heterocycles. The van der Waals surface area contributed by atoms with Crippen molar-refractivity contribution in [1.82, 2.24) is 0 Å². The number of anilines is 1. The minimum Gasteiger partial charge on any atom is -0.478 e. The van der Waals surface area contributed by atoms with Gasteiger partial charge in [0.25, 0.3) is 0 Å². The lowest BCUT2D eigenvalue weighted by atomic mass is 10.0. The highest BCUT2D eigenvalue weighted by atomic mass is 19.2. The molecular formula is C15H11F2NO3. The summed E-state index contributed by atoms with van der Waals surface area (Å²) in [6.45, 7) is 0. The van der Waals surface area contributed by atoms with Crippen LogP contribution in [0.1, 0.15) is 15.9 Å². The van der Waals surface area contributed by atoms with Crippen molar-refractivity contribution in [3.63, 3.8) is 0 Å². The quantitative estimate of drug-likeness (QED) is 0.910. The van der Waals surface area contributed by atoms with E-state index in [2.05, 4.69) is 5.32 Å². The Hall–Kier alpha value is -2.76. The molecule has 0 spiro atoms. The monoisotopic (exact) mass is 291 g/mol. The fourth-order valence-electron chi connectivity index (χ4n) is 1.84. The third-order valence-corrected chi connectivity index (χ3v) is 2.80. The molecule has 0 heterocycles. The molecule has 108 valence electrons.